The molecule has 8 heteroatoms. The highest BCUT2D eigenvalue weighted by Gasteiger charge is 2.32. The summed E-state index contributed by atoms with van der Waals surface area (Å²) in [4.78, 5) is 37.1. The number of ether oxygens (including phenoxy) is 1. The molecule has 1 aromatic rings. The molecule has 1 unspecified atom stereocenters. The minimum atomic E-state index is -0.756. The fourth-order valence-corrected chi connectivity index (χ4v) is 3.28. The highest BCUT2D eigenvalue weighted by atomic mass is 32.2. The van der Waals surface area contributed by atoms with Gasteiger partial charge in [0, 0.05) is 19.7 Å². The Morgan fingerprint density at radius 3 is 2.48 bits per heavy atom. The summed E-state index contributed by atoms with van der Waals surface area (Å²) in [6, 6.07) is 0. The van der Waals surface area contributed by atoms with E-state index in [1.54, 1.807) is 13.8 Å². The zero-order chi connectivity index (χ0) is 15.6. The normalized spacial score (nSPS) is 17.5. The van der Waals surface area contributed by atoms with Crippen molar-refractivity contribution >= 4 is 23.5 Å². The van der Waals surface area contributed by atoms with E-state index in [-0.39, 0.29) is 17.2 Å². The molecular formula is C13H19N3O4S. The van der Waals surface area contributed by atoms with Gasteiger partial charge in [-0.25, -0.2) is 4.79 Å². The van der Waals surface area contributed by atoms with Crippen molar-refractivity contribution in [1.29, 1.82) is 0 Å². The molecule has 2 heterocycles. The molecule has 0 radical (unpaired) electrons. The number of rotatable bonds is 5. The van der Waals surface area contributed by atoms with E-state index in [0.29, 0.717) is 30.4 Å². The van der Waals surface area contributed by atoms with Crippen molar-refractivity contribution in [1.82, 2.24) is 9.13 Å². The molecule has 0 aliphatic carbocycles. The molecule has 0 fully saturated rings. The van der Waals surface area contributed by atoms with Gasteiger partial charge in [-0.15, -0.1) is 0 Å². The van der Waals surface area contributed by atoms with Crippen molar-refractivity contribution in [3.05, 3.63) is 20.8 Å². The van der Waals surface area contributed by atoms with Gasteiger partial charge in [0.1, 0.15) is 10.7 Å². The summed E-state index contributed by atoms with van der Waals surface area (Å²) < 4.78 is 7.96. The summed E-state index contributed by atoms with van der Waals surface area (Å²) in [5.41, 5.74) is -1.52. The zero-order valence-corrected chi connectivity index (χ0v) is 13.2. The second-order valence-electron chi connectivity index (χ2n) is 4.56. The van der Waals surface area contributed by atoms with Crippen molar-refractivity contribution in [2.45, 2.75) is 50.6 Å². The largest absolute Gasteiger partial charge is 0.357 e. The van der Waals surface area contributed by atoms with Crippen LogP contribution in [0.15, 0.2) is 14.5 Å². The van der Waals surface area contributed by atoms with Crippen LogP contribution in [0.5, 0.6) is 0 Å². The van der Waals surface area contributed by atoms with E-state index in [2.05, 4.69) is 5.32 Å². The number of hydrogen-bond donors (Lipinski definition) is 1. The van der Waals surface area contributed by atoms with Crippen LogP contribution in [0.25, 0.3) is 0 Å². The Hall–Kier alpha value is -1.54. The summed E-state index contributed by atoms with van der Waals surface area (Å²) in [7, 11) is 0. The number of fused-ring (bicyclic) bond motifs is 1. The number of carbonyl (C=O) groups is 1. The minimum absolute atomic E-state index is 0.294. The molecule has 1 N–H and O–H groups in total. The average Bonchev–Trinajstić information content (AvgIpc) is 2.46. The van der Waals surface area contributed by atoms with E-state index in [1.807, 2.05) is 6.92 Å². The Kier molecular flexibility index (Phi) is 4.89. The molecule has 0 bridgehead atoms. The van der Waals surface area contributed by atoms with Crippen LogP contribution in [0.2, 0.25) is 0 Å². The van der Waals surface area contributed by atoms with Crippen LogP contribution in [0.1, 0.15) is 27.2 Å². The SMILES string of the molecule is CCCn1c2c(c(=O)n(CC)c1=O)SC(OCC)C(=O)N2. The van der Waals surface area contributed by atoms with Crippen LogP contribution in [0.4, 0.5) is 5.82 Å². The number of nitrogens with one attached hydrogen (secondary N) is 1. The lowest BCUT2D eigenvalue weighted by molar-refractivity contribution is -0.122. The number of hydrogen-bond acceptors (Lipinski definition) is 5. The molecule has 1 aliphatic rings. The molecule has 1 aromatic heterocycles. The van der Waals surface area contributed by atoms with E-state index >= 15 is 0 Å². The van der Waals surface area contributed by atoms with E-state index in [0.717, 1.165) is 18.2 Å². The van der Waals surface area contributed by atoms with Crippen molar-refractivity contribution < 1.29 is 9.53 Å². The van der Waals surface area contributed by atoms with Gasteiger partial charge >= 0.3 is 5.69 Å². The zero-order valence-electron chi connectivity index (χ0n) is 12.3. The van der Waals surface area contributed by atoms with Gasteiger partial charge in [0.2, 0.25) is 0 Å². The second-order valence-corrected chi connectivity index (χ2v) is 5.63. The van der Waals surface area contributed by atoms with Gasteiger partial charge in [0.25, 0.3) is 11.5 Å². The molecule has 21 heavy (non-hydrogen) atoms. The van der Waals surface area contributed by atoms with Crippen LogP contribution in [0.3, 0.4) is 0 Å². The van der Waals surface area contributed by atoms with Gasteiger partial charge in [-0.3, -0.25) is 18.7 Å². The fourth-order valence-electron chi connectivity index (χ4n) is 2.21. The van der Waals surface area contributed by atoms with Crippen LogP contribution in [-0.2, 0) is 22.6 Å². The Balaban J connectivity index is 2.63. The van der Waals surface area contributed by atoms with Crippen LogP contribution >= 0.6 is 11.8 Å². The summed E-state index contributed by atoms with van der Waals surface area (Å²) >= 11 is 1.07. The van der Waals surface area contributed by atoms with E-state index in [9.17, 15) is 14.4 Å². The van der Waals surface area contributed by atoms with E-state index < -0.39 is 5.44 Å². The Labute approximate surface area is 126 Å². The van der Waals surface area contributed by atoms with Gasteiger partial charge in [0.05, 0.1) is 0 Å². The molecule has 7 nitrogen and oxygen atoms in total. The van der Waals surface area contributed by atoms with Crippen molar-refractivity contribution in [2.24, 2.45) is 0 Å². The number of thioether (sulfide) groups is 1. The first kappa shape index (κ1) is 15.8. The summed E-state index contributed by atoms with van der Waals surface area (Å²) in [5.74, 6) is -0.0465. The minimum Gasteiger partial charge on any atom is -0.357 e. The maximum absolute atomic E-state index is 12.4. The van der Waals surface area contributed by atoms with Crippen LogP contribution in [-0.4, -0.2) is 27.1 Å². The number of amides is 1. The smallest absolute Gasteiger partial charge is 0.332 e. The Bertz CT molecular complexity index is 665. The van der Waals surface area contributed by atoms with Gasteiger partial charge in [0.15, 0.2) is 5.44 Å². The maximum Gasteiger partial charge on any atom is 0.332 e. The summed E-state index contributed by atoms with van der Waals surface area (Å²) in [5, 5.41) is 2.65. The molecule has 0 saturated heterocycles. The third kappa shape index (κ3) is 2.77. The molecule has 0 spiro atoms. The Morgan fingerprint density at radius 1 is 1.19 bits per heavy atom. The highest BCUT2D eigenvalue weighted by Crippen LogP contribution is 2.32. The summed E-state index contributed by atoms with van der Waals surface area (Å²) in [6.45, 7) is 6.57. The lowest BCUT2D eigenvalue weighted by Crippen LogP contribution is -2.45. The summed E-state index contributed by atoms with van der Waals surface area (Å²) in [6.07, 6.45) is 0.726. The molecule has 1 aliphatic heterocycles. The molecular weight excluding hydrogens is 294 g/mol. The topological polar surface area (TPSA) is 82.3 Å². The van der Waals surface area contributed by atoms with Crippen molar-refractivity contribution in [3.63, 3.8) is 0 Å². The van der Waals surface area contributed by atoms with Gasteiger partial charge in [-0.2, -0.15) is 0 Å². The monoisotopic (exact) mass is 313 g/mol. The predicted octanol–water partition coefficient (Wildman–Crippen LogP) is 0.847. The van der Waals surface area contributed by atoms with Crippen molar-refractivity contribution in [3.8, 4) is 0 Å². The molecule has 1 atom stereocenters. The maximum atomic E-state index is 12.4. The molecule has 2 rings (SSSR count). The quantitative estimate of drug-likeness (QED) is 0.871. The number of carbonyl (C=O) groups excluding carboxylic acids is 1. The third-order valence-electron chi connectivity index (χ3n) is 3.15. The van der Waals surface area contributed by atoms with Gasteiger partial charge in [-0.05, 0) is 20.3 Å². The molecule has 1 amide bonds. The first-order chi connectivity index (χ1) is 10.0. The average molecular weight is 313 g/mol. The van der Waals surface area contributed by atoms with E-state index in [1.165, 1.54) is 9.13 Å². The first-order valence-electron chi connectivity index (χ1n) is 7.01. The number of anilines is 1. The predicted molar refractivity (Wildman–Crippen MR) is 80.8 cm³/mol. The number of aromatic nitrogens is 2. The fraction of sp³-hybridized carbons (Fsp3) is 0.615. The number of nitrogens with zero attached hydrogens (tertiary/aromatic N) is 2. The Morgan fingerprint density at radius 2 is 1.90 bits per heavy atom. The lowest BCUT2D eigenvalue weighted by atomic mass is 10.4. The highest BCUT2D eigenvalue weighted by molar-refractivity contribution is 8.00. The van der Waals surface area contributed by atoms with E-state index in [4.69, 9.17) is 4.74 Å². The van der Waals surface area contributed by atoms with Gasteiger partial charge in [-0.1, -0.05) is 18.7 Å². The van der Waals surface area contributed by atoms with Crippen LogP contribution in [0, 0.1) is 0 Å². The van der Waals surface area contributed by atoms with Crippen molar-refractivity contribution in [2.75, 3.05) is 11.9 Å². The van der Waals surface area contributed by atoms with Crippen LogP contribution < -0.4 is 16.6 Å². The molecule has 116 valence electrons. The molecule has 0 aromatic carbocycles. The standard InChI is InChI=1S/C13H19N3O4S/c1-4-7-16-9-8(11(18)15(5-2)13(16)19)21-12(20-6-3)10(17)14-9/h12H,4-7H2,1-3H3,(H,14,17). The molecule has 0 saturated carbocycles. The third-order valence-corrected chi connectivity index (χ3v) is 4.32. The lowest BCUT2D eigenvalue weighted by Gasteiger charge is -2.26. The first-order valence-corrected chi connectivity index (χ1v) is 7.89. The second kappa shape index (κ2) is 6.48. The van der Waals surface area contributed by atoms with Gasteiger partial charge < -0.3 is 10.1 Å².